The number of ether oxygens (including phenoxy) is 6. The van der Waals surface area contributed by atoms with Crippen LogP contribution in [0.15, 0.2) is 0 Å². The SMILES string of the molecule is CCC(C)(C)C(=O)OCCOCC1OC(C)(C)OC1C1COC(C)(C)O1. The summed E-state index contributed by atoms with van der Waals surface area (Å²) in [4.78, 5) is 11.9. The van der Waals surface area contributed by atoms with Gasteiger partial charge in [0.05, 0.1) is 25.2 Å². The highest BCUT2D eigenvalue weighted by atomic mass is 16.8. The van der Waals surface area contributed by atoms with Gasteiger partial charge < -0.3 is 28.4 Å². The number of carbonyl (C=O) groups excluding carboxylic acids is 1. The van der Waals surface area contributed by atoms with Gasteiger partial charge in [-0.05, 0) is 48.0 Å². The Morgan fingerprint density at radius 3 is 2.35 bits per heavy atom. The van der Waals surface area contributed by atoms with E-state index in [1.807, 2.05) is 48.5 Å². The lowest BCUT2D eigenvalue weighted by Gasteiger charge is -2.24. The van der Waals surface area contributed by atoms with Crippen LogP contribution in [-0.2, 0) is 33.2 Å². The first-order chi connectivity index (χ1) is 12.0. The summed E-state index contributed by atoms with van der Waals surface area (Å²) < 4.78 is 34.4. The van der Waals surface area contributed by atoms with Crippen LogP contribution >= 0.6 is 0 Å². The van der Waals surface area contributed by atoms with E-state index in [0.29, 0.717) is 19.8 Å². The normalized spacial score (nSPS) is 30.5. The van der Waals surface area contributed by atoms with Crippen molar-refractivity contribution in [2.24, 2.45) is 5.41 Å². The summed E-state index contributed by atoms with van der Waals surface area (Å²) in [6, 6.07) is 0. The molecular formula is C19H34O7. The Morgan fingerprint density at radius 1 is 1.08 bits per heavy atom. The Kier molecular flexibility index (Phi) is 6.72. The van der Waals surface area contributed by atoms with Gasteiger partial charge in [-0.15, -0.1) is 0 Å². The smallest absolute Gasteiger partial charge is 0.311 e. The van der Waals surface area contributed by atoms with Crippen LogP contribution in [0.1, 0.15) is 54.9 Å². The summed E-state index contributed by atoms with van der Waals surface area (Å²) in [5.74, 6) is -1.53. The van der Waals surface area contributed by atoms with Crippen molar-refractivity contribution >= 4 is 5.97 Å². The minimum absolute atomic E-state index is 0.205. The zero-order valence-electron chi connectivity index (χ0n) is 17.1. The molecule has 0 aromatic carbocycles. The Bertz CT molecular complexity index is 486. The van der Waals surface area contributed by atoms with Gasteiger partial charge in [0.2, 0.25) is 0 Å². The number of esters is 1. The lowest BCUT2D eigenvalue weighted by atomic mass is 9.91. The minimum Gasteiger partial charge on any atom is -0.463 e. The van der Waals surface area contributed by atoms with Crippen molar-refractivity contribution < 1.29 is 33.2 Å². The van der Waals surface area contributed by atoms with Gasteiger partial charge in [0, 0.05) is 0 Å². The molecule has 3 atom stereocenters. The van der Waals surface area contributed by atoms with E-state index in [0.717, 1.165) is 6.42 Å². The predicted molar refractivity (Wildman–Crippen MR) is 94.6 cm³/mol. The van der Waals surface area contributed by atoms with E-state index in [4.69, 9.17) is 28.4 Å². The van der Waals surface area contributed by atoms with Crippen molar-refractivity contribution in [3.05, 3.63) is 0 Å². The molecule has 0 bridgehead atoms. The van der Waals surface area contributed by atoms with E-state index in [1.165, 1.54) is 0 Å². The first-order valence-corrected chi connectivity index (χ1v) is 9.38. The molecule has 0 amide bonds. The molecule has 2 rings (SSSR count). The number of hydrogen-bond acceptors (Lipinski definition) is 7. The fraction of sp³-hybridized carbons (Fsp3) is 0.947. The van der Waals surface area contributed by atoms with Crippen LogP contribution in [0, 0.1) is 5.41 Å². The zero-order valence-corrected chi connectivity index (χ0v) is 17.1. The second-order valence-corrected chi connectivity index (χ2v) is 8.45. The first kappa shape index (κ1) is 21.6. The van der Waals surface area contributed by atoms with Gasteiger partial charge in [0.25, 0.3) is 0 Å². The highest BCUT2D eigenvalue weighted by molar-refractivity contribution is 5.75. The molecule has 2 aliphatic rings. The van der Waals surface area contributed by atoms with Crippen LogP contribution in [-0.4, -0.2) is 62.3 Å². The summed E-state index contributed by atoms with van der Waals surface area (Å²) in [5.41, 5.74) is -0.468. The van der Waals surface area contributed by atoms with Gasteiger partial charge in [-0.3, -0.25) is 4.79 Å². The van der Waals surface area contributed by atoms with Crippen molar-refractivity contribution in [3.8, 4) is 0 Å². The van der Waals surface area contributed by atoms with Gasteiger partial charge >= 0.3 is 5.97 Å². The van der Waals surface area contributed by atoms with Crippen LogP contribution in [0.5, 0.6) is 0 Å². The number of rotatable bonds is 8. The third-order valence-corrected chi connectivity index (χ3v) is 4.80. The first-order valence-electron chi connectivity index (χ1n) is 9.38. The topological polar surface area (TPSA) is 72.5 Å². The fourth-order valence-electron chi connectivity index (χ4n) is 2.92. The molecule has 2 saturated heterocycles. The molecule has 7 heteroatoms. The molecule has 152 valence electrons. The minimum atomic E-state index is -0.702. The molecule has 0 radical (unpaired) electrons. The molecule has 26 heavy (non-hydrogen) atoms. The second-order valence-electron chi connectivity index (χ2n) is 8.45. The van der Waals surface area contributed by atoms with E-state index in [2.05, 4.69) is 0 Å². The summed E-state index contributed by atoms with van der Waals surface area (Å²) >= 11 is 0. The van der Waals surface area contributed by atoms with Gasteiger partial charge in [-0.25, -0.2) is 0 Å². The fourth-order valence-corrected chi connectivity index (χ4v) is 2.92. The largest absolute Gasteiger partial charge is 0.463 e. The van der Waals surface area contributed by atoms with Crippen LogP contribution in [0.2, 0.25) is 0 Å². The summed E-state index contributed by atoms with van der Waals surface area (Å²) in [6.07, 6.45) is -0.0107. The van der Waals surface area contributed by atoms with Gasteiger partial charge in [-0.2, -0.15) is 0 Å². The van der Waals surface area contributed by atoms with Crippen LogP contribution in [0.4, 0.5) is 0 Å². The molecule has 0 aromatic rings. The van der Waals surface area contributed by atoms with Gasteiger partial charge in [0.1, 0.15) is 24.9 Å². The summed E-state index contributed by atoms with van der Waals surface area (Å²) in [7, 11) is 0. The number of hydrogen-bond donors (Lipinski definition) is 0. The maximum absolute atomic E-state index is 11.9. The van der Waals surface area contributed by atoms with Crippen molar-refractivity contribution in [2.75, 3.05) is 26.4 Å². The highest BCUT2D eigenvalue weighted by Gasteiger charge is 2.49. The van der Waals surface area contributed by atoms with E-state index in [1.54, 1.807) is 0 Å². The lowest BCUT2D eigenvalue weighted by molar-refractivity contribution is -0.175. The van der Waals surface area contributed by atoms with Gasteiger partial charge in [-0.1, -0.05) is 6.92 Å². The molecule has 0 saturated carbocycles. The van der Waals surface area contributed by atoms with Crippen molar-refractivity contribution in [3.63, 3.8) is 0 Å². The van der Waals surface area contributed by atoms with E-state index < -0.39 is 17.0 Å². The highest BCUT2D eigenvalue weighted by Crippen LogP contribution is 2.35. The van der Waals surface area contributed by atoms with E-state index in [9.17, 15) is 4.79 Å². The Balaban J connectivity index is 1.77. The Labute approximate surface area is 156 Å². The zero-order chi connectivity index (χ0) is 19.6. The molecule has 3 unspecified atom stereocenters. The summed E-state index contributed by atoms with van der Waals surface area (Å²) in [6.45, 7) is 14.5. The molecule has 0 aromatic heterocycles. The average molecular weight is 374 g/mol. The molecular weight excluding hydrogens is 340 g/mol. The Hall–Kier alpha value is -0.730. The van der Waals surface area contributed by atoms with E-state index >= 15 is 0 Å². The van der Waals surface area contributed by atoms with Gasteiger partial charge in [0.15, 0.2) is 11.6 Å². The summed E-state index contributed by atoms with van der Waals surface area (Å²) in [5, 5.41) is 0. The lowest BCUT2D eigenvalue weighted by Crippen LogP contribution is -2.40. The average Bonchev–Trinajstić information content (AvgIpc) is 3.05. The molecule has 7 nitrogen and oxygen atoms in total. The molecule has 2 heterocycles. The third-order valence-electron chi connectivity index (χ3n) is 4.80. The molecule has 2 aliphatic heterocycles. The third kappa shape index (κ3) is 5.63. The molecule has 2 fully saturated rings. The van der Waals surface area contributed by atoms with Crippen molar-refractivity contribution in [1.82, 2.24) is 0 Å². The van der Waals surface area contributed by atoms with Crippen LogP contribution in [0.25, 0.3) is 0 Å². The predicted octanol–water partition coefficient (Wildman–Crippen LogP) is 2.65. The molecule has 0 N–H and O–H groups in total. The quantitative estimate of drug-likeness (QED) is 0.478. The Morgan fingerprint density at radius 2 is 1.77 bits per heavy atom. The maximum atomic E-state index is 11.9. The van der Waals surface area contributed by atoms with Crippen molar-refractivity contribution in [1.29, 1.82) is 0 Å². The van der Waals surface area contributed by atoms with Crippen LogP contribution < -0.4 is 0 Å². The van der Waals surface area contributed by atoms with E-state index in [-0.39, 0.29) is 30.9 Å². The van der Waals surface area contributed by atoms with Crippen molar-refractivity contribution in [2.45, 2.75) is 84.8 Å². The number of carbonyl (C=O) groups is 1. The molecule has 0 aliphatic carbocycles. The maximum Gasteiger partial charge on any atom is 0.311 e. The molecule has 0 spiro atoms. The monoisotopic (exact) mass is 374 g/mol. The van der Waals surface area contributed by atoms with Crippen LogP contribution in [0.3, 0.4) is 0 Å². The second kappa shape index (κ2) is 8.10. The standard InChI is InChI=1S/C19H34O7/c1-8-17(2,3)16(20)22-10-9-21-11-13-15(26-19(6,7)25-13)14-12-23-18(4,5)24-14/h13-15H,8-12H2,1-7H3.